The number of aliphatic hydroxyl groups excluding tert-OH is 1. The fraction of sp³-hybridized carbons (Fsp3) is 0.409. The first kappa shape index (κ1) is 20.9. The van der Waals surface area contributed by atoms with Gasteiger partial charge in [-0.1, -0.05) is 60.7 Å². The van der Waals surface area contributed by atoms with Crippen LogP contribution in [0.4, 0.5) is 4.79 Å². The van der Waals surface area contributed by atoms with Gasteiger partial charge in [-0.2, -0.15) is 0 Å². The van der Waals surface area contributed by atoms with Crippen molar-refractivity contribution < 1.29 is 14.6 Å². The van der Waals surface area contributed by atoms with Crippen molar-refractivity contribution in [3.8, 4) is 0 Å². The largest absolute Gasteiger partial charge is 0.444 e. The summed E-state index contributed by atoms with van der Waals surface area (Å²) in [5.74, 6) is 0. The molecule has 2 rings (SSSR count). The molecule has 5 heteroatoms. The van der Waals surface area contributed by atoms with Crippen LogP contribution in [0.3, 0.4) is 0 Å². The summed E-state index contributed by atoms with van der Waals surface area (Å²) in [6, 6.07) is 18.4. The predicted octanol–water partition coefficient (Wildman–Crippen LogP) is 3.05. The molecule has 5 nitrogen and oxygen atoms in total. The van der Waals surface area contributed by atoms with Crippen LogP contribution in [-0.4, -0.2) is 35.0 Å². The van der Waals surface area contributed by atoms with E-state index in [1.165, 1.54) is 0 Å². The van der Waals surface area contributed by atoms with Crippen molar-refractivity contribution in [2.24, 2.45) is 5.73 Å². The van der Waals surface area contributed by atoms with E-state index < -0.39 is 29.9 Å². The fourth-order valence-corrected chi connectivity index (χ4v) is 2.89. The number of aliphatic hydroxyl groups is 1. The number of amides is 1. The van der Waals surface area contributed by atoms with Crippen LogP contribution in [0.2, 0.25) is 0 Å². The lowest BCUT2D eigenvalue weighted by Gasteiger charge is -2.30. The summed E-state index contributed by atoms with van der Waals surface area (Å²) in [5, 5.41) is 13.6. The Hall–Kier alpha value is -2.37. The molecule has 3 atom stereocenters. The lowest BCUT2D eigenvalue weighted by molar-refractivity contribution is 0.0392. The molecule has 146 valence electrons. The Kier molecular flexibility index (Phi) is 7.39. The minimum absolute atomic E-state index is 0.462. The number of nitrogens with one attached hydrogen (secondary N) is 1. The topological polar surface area (TPSA) is 84.6 Å². The van der Waals surface area contributed by atoms with Gasteiger partial charge in [0.15, 0.2) is 0 Å². The number of carbonyl (C=O) groups excluding carboxylic acids is 1. The smallest absolute Gasteiger partial charge is 0.407 e. The molecule has 0 heterocycles. The predicted molar refractivity (Wildman–Crippen MR) is 107 cm³/mol. The highest BCUT2D eigenvalue weighted by molar-refractivity contribution is 5.68. The van der Waals surface area contributed by atoms with E-state index in [0.717, 1.165) is 11.1 Å². The molecule has 0 saturated heterocycles. The molecule has 0 bridgehead atoms. The number of benzene rings is 2. The average molecular weight is 370 g/mol. The second-order valence-corrected chi connectivity index (χ2v) is 7.79. The van der Waals surface area contributed by atoms with Crippen molar-refractivity contribution in [3.05, 3.63) is 71.8 Å². The van der Waals surface area contributed by atoms with E-state index in [-0.39, 0.29) is 0 Å². The quantitative estimate of drug-likeness (QED) is 0.699. The lowest BCUT2D eigenvalue weighted by atomic mass is 9.93. The number of nitrogens with two attached hydrogens (primary N) is 1. The summed E-state index contributed by atoms with van der Waals surface area (Å²) in [4.78, 5) is 12.3. The van der Waals surface area contributed by atoms with Crippen LogP contribution in [0.5, 0.6) is 0 Å². The zero-order valence-electron chi connectivity index (χ0n) is 16.3. The first-order valence-electron chi connectivity index (χ1n) is 9.25. The van der Waals surface area contributed by atoms with Crippen molar-refractivity contribution >= 4 is 6.09 Å². The summed E-state index contributed by atoms with van der Waals surface area (Å²) in [7, 11) is 0. The summed E-state index contributed by atoms with van der Waals surface area (Å²) in [5.41, 5.74) is 7.70. The van der Waals surface area contributed by atoms with Gasteiger partial charge in [-0.05, 0) is 44.7 Å². The molecule has 0 aliphatic rings. The first-order chi connectivity index (χ1) is 12.7. The maximum absolute atomic E-state index is 12.3. The molecule has 0 saturated carbocycles. The van der Waals surface area contributed by atoms with Gasteiger partial charge in [0.1, 0.15) is 5.60 Å². The van der Waals surface area contributed by atoms with E-state index in [1.807, 2.05) is 60.7 Å². The number of rotatable bonds is 7. The molecule has 0 aliphatic heterocycles. The third-order valence-electron chi connectivity index (χ3n) is 4.17. The van der Waals surface area contributed by atoms with Crippen molar-refractivity contribution in [3.63, 3.8) is 0 Å². The Morgan fingerprint density at radius 3 is 1.96 bits per heavy atom. The molecule has 4 N–H and O–H groups in total. The highest BCUT2D eigenvalue weighted by Crippen LogP contribution is 2.13. The minimum Gasteiger partial charge on any atom is -0.444 e. The maximum atomic E-state index is 12.3. The van der Waals surface area contributed by atoms with E-state index in [9.17, 15) is 9.90 Å². The van der Waals surface area contributed by atoms with Crippen molar-refractivity contribution in [2.75, 3.05) is 0 Å². The second-order valence-electron chi connectivity index (χ2n) is 7.79. The highest BCUT2D eigenvalue weighted by Gasteiger charge is 2.29. The van der Waals surface area contributed by atoms with E-state index in [4.69, 9.17) is 10.5 Å². The van der Waals surface area contributed by atoms with Gasteiger partial charge in [-0.25, -0.2) is 4.79 Å². The number of ether oxygens (including phenoxy) is 1. The van der Waals surface area contributed by atoms with Crippen LogP contribution in [0, 0.1) is 0 Å². The zero-order valence-corrected chi connectivity index (χ0v) is 16.3. The van der Waals surface area contributed by atoms with Crippen molar-refractivity contribution in [1.82, 2.24) is 5.32 Å². The third-order valence-corrected chi connectivity index (χ3v) is 4.17. The Morgan fingerprint density at radius 2 is 1.48 bits per heavy atom. The molecule has 0 unspecified atom stereocenters. The van der Waals surface area contributed by atoms with Gasteiger partial charge in [0, 0.05) is 6.04 Å². The Bertz CT molecular complexity index is 699. The summed E-state index contributed by atoms with van der Waals surface area (Å²) < 4.78 is 5.35. The molecule has 0 radical (unpaired) electrons. The first-order valence-corrected chi connectivity index (χ1v) is 9.25. The van der Waals surface area contributed by atoms with Gasteiger partial charge in [0.25, 0.3) is 0 Å². The molecule has 2 aromatic carbocycles. The SMILES string of the molecule is CC(C)(C)OC(=O)N[C@@H](Cc1ccccc1)[C@H](O)[C@H](N)Cc1ccccc1. The molecule has 1 amide bonds. The zero-order chi connectivity index (χ0) is 19.9. The average Bonchev–Trinajstić information content (AvgIpc) is 2.60. The number of alkyl carbamates (subject to hydrolysis) is 1. The molecular weight excluding hydrogens is 340 g/mol. The second kappa shape index (κ2) is 9.53. The van der Waals surface area contributed by atoms with Crippen LogP contribution in [0.15, 0.2) is 60.7 Å². The molecule has 2 aromatic rings. The molecule has 0 aliphatic carbocycles. The summed E-state index contributed by atoms with van der Waals surface area (Å²) >= 11 is 0. The highest BCUT2D eigenvalue weighted by atomic mass is 16.6. The minimum atomic E-state index is -0.919. The Morgan fingerprint density at radius 1 is 1.00 bits per heavy atom. The monoisotopic (exact) mass is 370 g/mol. The van der Waals surface area contributed by atoms with E-state index in [0.29, 0.717) is 12.8 Å². The standard InChI is InChI=1S/C22H30N2O3/c1-22(2,3)27-21(26)24-19(15-17-12-8-5-9-13-17)20(25)18(23)14-16-10-6-4-7-11-16/h4-13,18-20,25H,14-15,23H2,1-3H3,(H,24,26)/t18-,19+,20-/m1/s1. The maximum Gasteiger partial charge on any atom is 0.407 e. The molecule has 0 aromatic heterocycles. The van der Waals surface area contributed by atoms with Gasteiger partial charge in [0.05, 0.1) is 12.1 Å². The molecule has 0 spiro atoms. The van der Waals surface area contributed by atoms with Crippen molar-refractivity contribution in [2.45, 2.75) is 57.4 Å². The van der Waals surface area contributed by atoms with Gasteiger partial charge < -0.3 is 20.9 Å². The third kappa shape index (κ3) is 7.41. The van der Waals surface area contributed by atoms with Gasteiger partial charge in [-0.15, -0.1) is 0 Å². The van der Waals surface area contributed by atoms with Gasteiger partial charge in [0.2, 0.25) is 0 Å². The van der Waals surface area contributed by atoms with Crippen LogP contribution < -0.4 is 11.1 Å². The lowest BCUT2D eigenvalue weighted by Crippen LogP contribution is -2.53. The molecule has 0 fully saturated rings. The Labute approximate surface area is 161 Å². The van der Waals surface area contributed by atoms with Crippen LogP contribution in [-0.2, 0) is 17.6 Å². The molecular formula is C22H30N2O3. The van der Waals surface area contributed by atoms with Crippen LogP contribution in [0.1, 0.15) is 31.9 Å². The molecule has 27 heavy (non-hydrogen) atoms. The van der Waals surface area contributed by atoms with E-state index in [1.54, 1.807) is 20.8 Å². The number of hydrogen-bond acceptors (Lipinski definition) is 4. The Balaban J connectivity index is 2.10. The van der Waals surface area contributed by atoms with Gasteiger partial charge in [-0.3, -0.25) is 0 Å². The van der Waals surface area contributed by atoms with Gasteiger partial charge >= 0.3 is 6.09 Å². The fourth-order valence-electron chi connectivity index (χ4n) is 2.89. The van der Waals surface area contributed by atoms with E-state index >= 15 is 0 Å². The number of carbonyl (C=O) groups is 1. The van der Waals surface area contributed by atoms with Crippen LogP contribution in [0.25, 0.3) is 0 Å². The number of hydrogen-bond donors (Lipinski definition) is 3. The summed E-state index contributed by atoms with van der Waals surface area (Å²) in [6.07, 6.45) is -0.500. The van der Waals surface area contributed by atoms with Crippen molar-refractivity contribution in [1.29, 1.82) is 0 Å². The van der Waals surface area contributed by atoms with E-state index in [2.05, 4.69) is 5.32 Å². The van der Waals surface area contributed by atoms with Crippen LogP contribution >= 0.6 is 0 Å². The normalized spacial score (nSPS) is 14.9. The summed E-state index contributed by atoms with van der Waals surface area (Å²) in [6.45, 7) is 5.41.